The van der Waals surface area contributed by atoms with Gasteiger partial charge in [-0.1, -0.05) is 13.8 Å². The fourth-order valence-corrected chi connectivity index (χ4v) is 1.31. The molecule has 0 saturated carbocycles. The van der Waals surface area contributed by atoms with Crippen LogP contribution in [-0.2, 0) is 0 Å². The average Bonchev–Trinajstić information content (AvgIpc) is 2.22. The summed E-state index contributed by atoms with van der Waals surface area (Å²) in [6.07, 6.45) is 0.545. The number of likely N-dealkylation sites (N-methyl/N-ethyl adjacent to an activating group) is 1. The standard InChI is InChI=1S/C10H24N2O2/c1-3-6-12(4-2)7-5-11-8-10(14)9-13/h10-11,13-14H,3-9H2,1-2H3/t10-/m0/s1. The zero-order valence-electron chi connectivity index (χ0n) is 9.37. The predicted molar refractivity (Wildman–Crippen MR) is 58.4 cm³/mol. The first-order valence-electron chi connectivity index (χ1n) is 5.46. The molecule has 0 aliphatic rings. The average molecular weight is 204 g/mol. The van der Waals surface area contributed by atoms with Gasteiger partial charge in [0.1, 0.15) is 0 Å². The van der Waals surface area contributed by atoms with E-state index in [0.29, 0.717) is 6.54 Å². The summed E-state index contributed by atoms with van der Waals surface area (Å²) in [7, 11) is 0. The molecule has 0 bridgehead atoms. The fourth-order valence-electron chi connectivity index (χ4n) is 1.31. The van der Waals surface area contributed by atoms with Gasteiger partial charge in [0.2, 0.25) is 0 Å². The first-order valence-corrected chi connectivity index (χ1v) is 5.46. The van der Waals surface area contributed by atoms with E-state index in [0.717, 1.165) is 26.2 Å². The molecule has 0 aliphatic carbocycles. The minimum absolute atomic E-state index is 0.167. The third-order valence-electron chi connectivity index (χ3n) is 2.18. The maximum atomic E-state index is 9.06. The van der Waals surface area contributed by atoms with E-state index in [1.807, 2.05) is 0 Å². The van der Waals surface area contributed by atoms with Crippen LogP contribution in [0.1, 0.15) is 20.3 Å². The van der Waals surface area contributed by atoms with Crippen LogP contribution >= 0.6 is 0 Å². The van der Waals surface area contributed by atoms with E-state index in [2.05, 4.69) is 24.1 Å². The van der Waals surface area contributed by atoms with Crippen molar-refractivity contribution in [2.75, 3.05) is 39.3 Å². The number of hydrogen-bond acceptors (Lipinski definition) is 4. The summed E-state index contributed by atoms with van der Waals surface area (Å²) < 4.78 is 0. The molecule has 0 radical (unpaired) electrons. The zero-order valence-corrected chi connectivity index (χ0v) is 9.37. The molecule has 0 heterocycles. The second-order valence-electron chi connectivity index (χ2n) is 3.47. The Kier molecular flexibility index (Phi) is 9.29. The molecule has 0 amide bonds. The highest BCUT2D eigenvalue weighted by Crippen LogP contribution is 1.89. The van der Waals surface area contributed by atoms with Crippen LogP contribution in [0.3, 0.4) is 0 Å². The molecule has 0 aromatic rings. The monoisotopic (exact) mass is 204 g/mol. The highest BCUT2D eigenvalue weighted by molar-refractivity contribution is 4.60. The minimum Gasteiger partial charge on any atom is -0.394 e. The quantitative estimate of drug-likeness (QED) is 0.450. The molecule has 4 heteroatoms. The van der Waals surface area contributed by atoms with Crippen molar-refractivity contribution >= 4 is 0 Å². The van der Waals surface area contributed by atoms with Gasteiger partial charge in [0.05, 0.1) is 12.7 Å². The SMILES string of the molecule is CCCN(CC)CCNC[C@H](O)CO. The Labute approximate surface area is 86.9 Å². The Hall–Kier alpha value is -0.160. The molecule has 0 aromatic carbocycles. The van der Waals surface area contributed by atoms with Gasteiger partial charge in [-0.25, -0.2) is 0 Å². The Bertz CT molecular complexity index is 123. The van der Waals surface area contributed by atoms with Crippen LogP contribution in [0.15, 0.2) is 0 Å². The van der Waals surface area contributed by atoms with E-state index in [-0.39, 0.29) is 6.61 Å². The molecule has 0 unspecified atom stereocenters. The lowest BCUT2D eigenvalue weighted by Gasteiger charge is -2.19. The molecule has 4 nitrogen and oxygen atoms in total. The van der Waals surface area contributed by atoms with Crippen LogP contribution in [0.2, 0.25) is 0 Å². The van der Waals surface area contributed by atoms with Crippen LogP contribution in [0.4, 0.5) is 0 Å². The third kappa shape index (κ3) is 7.26. The van der Waals surface area contributed by atoms with Crippen molar-refractivity contribution in [1.82, 2.24) is 10.2 Å². The van der Waals surface area contributed by atoms with E-state index < -0.39 is 6.10 Å². The maximum absolute atomic E-state index is 9.06. The van der Waals surface area contributed by atoms with Gasteiger partial charge in [-0.15, -0.1) is 0 Å². The second-order valence-corrected chi connectivity index (χ2v) is 3.47. The molecule has 0 aromatic heterocycles. The van der Waals surface area contributed by atoms with Crippen LogP contribution < -0.4 is 5.32 Å². The maximum Gasteiger partial charge on any atom is 0.0894 e. The molecule has 0 rings (SSSR count). The van der Waals surface area contributed by atoms with Gasteiger partial charge in [-0.3, -0.25) is 0 Å². The van der Waals surface area contributed by atoms with Crippen molar-refractivity contribution in [2.45, 2.75) is 26.4 Å². The lowest BCUT2D eigenvalue weighted by atomic mass is 10.3. The summed E-state index contributed by atoms with van der Waals surface area (Å²) in [5, 5.41) is 20.7. The van der Waals surface area contributed by atoms with Crippen molar-refractivity contribution in [3.8, 4) is 0 Å². The number of nitrogens with one attached hydrogen (secondary N) is 1. The van der Waals surface area contributed by atoms with Crippen molar-refractivity contribution in [3.63, 3.8) is 0 Å². The lowest BCUT2D eigenvalue weighted by Crippen LogP contribution is -2.36. The molecular weight excluding hydrogens is 180 g/mol. The Morgan fingerprint density at radius 3 is 2.50 bits per heavy atom. The van der Waals surface area contributed by atoms with Crippen molar-refractivity contribution in [2.24, 2.45) is 0 Å². The van der Waals surface area contributed by atoms with Gasteiger partial charge in [0.25, 0.3) is 0 Å². The van der Waals surface area contributed by atoms with E-state index >= 15 is 0 Å². The number of hydrogen-bond donors (Lipinski definition) is 3. The molecule has 14 heavy (non-hydrogen) atoms. The Morgan fingerprint density at radius 1 is 1.29 bits per heavy atom. The van der Waals surface area contributed by atoms with Crippen molar-refractivity contribution in [3.05, 3.63) is 0 Å². The highest BCUT2D eigenvalue weighted by atomic mass is 16.3. The van der Waals surface area contributed by atoms with Gasteiger partial charge in [0.15, 0.2) is 0 Å². The van der Waals surface area contributed by atoms with Gasteiger partial charge >= 0.3 is 0 Å². The van der Waals surface area contributed by atoms with Crippen LogP contribution in [0.25, 0.3) is 0 Å². The zero-order chi connectivity index (χ0) is 10.8. The summed E-state index contributed by atoms with van der Waals surface area (Å²) in [6.45, 7) is 8.69. The van der Waals surface area contributed by atoms with Crippen molar-refractivity contribution in [1.29, 1.82) is 0 Å². The smallest absolute Gasteiger partial charge is 0.0894 e. The number of rotatable bonds is 9. The minimum atomic E-state index is -0.628. The van der Waals surface area contributed by atoms with Crippen LogP contribution in [0, 0.1) is 0 Å². The molecular formula is C10H24N2O2. The van der Waals surface area contributed by atoms with Gasteiger partial charge in [-0.05, 0) is 19.5 Å². The lowest BCUT2D eigenvalue weighted by molar-refractivity contribution is 0.0938. The third-order valence-corrected chi connectivity index (χ3v) is 2.18. The van der Waals surface area contributed by atoms with Gasteiger partial charge in [0, 0.05) is 19.6 Å². The van der Waals surface area contributed by atoms with E-state index in [1.54, 1.807) is 0 Å². The predicted octanol–water partition coefficient (Wildman–Crippen LogP) is -0.339. The molecule has 3 N–H and O–H groups in total. The highest BCUT2D eigenvalue weighted by Gasteiger charge is 2.02. The summed E-state index contributed by atoms with van der Waals surface area (Å²) >= 11 is 0. The summed E-state index contributed by atoms with van der Waals surface area (Å²) in [6, 6.07) is 0. The number of aliphatic hydroxyl groups excluding tert-OH is 2. The van der Waals surface area contributed by atoms with Crippen LogP contribution in [-0.4, -0.2) is 60.5 Å². The molecule has 0 fully saturated rings. The summed E-state index contributed by atoms with van der Waals surface area (Å²) in [5.41, 5.74) is 0. The first-order chi connectivity index (χ1) is 6.74. The van der Waals surface area contributed by atoms with Gasteiger partial charge in [-0.2, -0.15) is 0 Å². The largest absolute Gasteiger partial charge is 0.394 e. The topological polar surface area (TPSA) is 55.7 Å². The normalized spacial score (nSPS) is 13.5. The molecule has 0 saturated heterocycles. The van der Waals surface area contributed by atoms with Gasteiger partial charge < -0.3 is 20.4 Å². The number of nitrogens with zero attached hydrogens (tertiary/aromatic N) is 1. The summed E-state index contributed by atoms with van der Waals surface area (Å²) in [5.74, 6) is 0. The molecule has 86 valence electrons. The molecule has 1 atom stereocenters. The van der Waals surface area contributed by atoms with E-state index in [9.17, 15) is 0 Å². The van der Waals surface area contributed by atoms with Crippen molar-refractivity contribution < 1.29 is 10.2 Å². The Morgan fingerprint density at radius 2 is 2.00 bits per heavy atom. The van der Waals surface area contributed by atoms with E-state index in [1.165, 1.54) is 6.42 Å². The molecule has 0 spiro atoms. The van der Waals surface area contributed by atoms with E-state index in [4.69, 9.17) is 10.2 Å². The molecule has 0 aliphatic heterocycles. The second kappa shape index (κ2) is 9.40. The fraction of sp³-hybridized carbons (Fsp3) is 1.00. The number of aliphatic hydroxyl groups is 2. The Balaban J connectivity index is 3.32. The summed E-state index contributed by atoms with van der Waals surface area (Å²) in [4.78, 5) is 2.36. The first kappa shape index (κ1) is 13.8. The van der Waals surface area contributed by atoms with Crippen LogP contribution in [0.5, 0.6) is 0 Å².